The van der Waals surface area contributed by atoms with Gasteiger partial charge in [0.25, 0.3) is 0 Å². The molecule has 0 aliphatic rings. The second-order valence-corrected chi connectivity index (χ2v) is 5.62. The highest BCUT2D eigenvalue weighted by Gasteiger charge is 2.06. The van der Waals surface area contributed by atoms with Crippen molar-refractivity contribution in [3.63, 3.8) is 0 Å². The molecule has 1 heterocycles. The Hall–Kier alpha value is -2.68. The number of hydrogen-bond donors (Lipinski definition) is 1. The number of aromatic nitrogens is 1. The van der Waals surface area contributed by atoms with Gasteiger partial charge in [-0.25, -0.2) is 0 Å². The molecular weight excluding hydrogens is 284 g/mol. The van der Waals surface area contributed by atoms with Crippen LogP contribution < -0.4 is 5.32 Å². The standard InChI is InChI=1S/C20H20N2O/c23-19(14-5-4-10-16-8-2-1-3-9-16)22-18-13-6-11-17-12-7-15-21-20(17)18/h1-3,6-9,11-13,15H,4-5,10,14H2,(H,22,23). The first-order valence-electron chi connectivity index (χ1n) is 8.00. The predicted molar refractivity (Wildman–Crippen MR) is 94.4 cm³/mol. The van der Waals surface area contributed by atoms with Gasteiger partial charge in [0.1, 0.15) is 0 Å². The number of rotatable bonds is 6. The number of pyridine rings is 1. The van der Waals surface area contributed by atoms with E-state index in [1.807, 2.05) is 36.4 Å². The lowest BCUT2D eigenvalue weighted by Gasteiger charge is -2.08. The van der Waals surface area contributed by atoms with E-state index in [0.29, 0.717) is 6.42 Å². The van der Waals surface area contributed by atoms with Gasteiger partial charge < -0.3 is 5.32 Å². The molecule has 3 heteroatoms. The van der Waals surface area contributed by atoms with E-state index < -0.39 is 0 Å². The van der Waals surface area contributed by atoms with Crippen molar-refractivity contribution >= 4 is 22.5 Å². The number of amides is 1. The minimum Gasteiger partial charge on any atom is -0.324 e. The molecule has 0 unspecified atom stereocenters. The molecule has 0 saturated heterocycles. The molecule has 0 saturated carbocycles. The summed E-state index contributed by atoms with van der Waals surface area (Å²) in [6.45, 7) is 0. The second kappa shape index (κ2) is 7.54. The first-order valence-corrected chi connectivity index (χ1v) is 8.00. The summed E-state index contributed by atoms with van der Waals surface area (Å²) in [5.74, 6) is 0.0521. The van der Waals surface area contributed by atoms with Crippen molar-refractivity contribution in [1.82, 2.24) is 4.98 Å². The molecule has 3 rings (SSSR count). The molecule has 3 aromatic rings. The van der Waals surface area contributed by atoms with Gasteiger partial charge in [-0.15, -0.1) is 0 Å². The van der Waals surface area contributed by atoms with Crippen molar-refractivity contribution in [1.29, 1.82) is 0 Å². The van der Waals surface area contributed by atoms with E-state index in [4.69, 9.17) is 0 Å². The normalized spacial score (nSPS) is 10.6. The van der Waals surface area contributed by atoms with Gasteiger partial charge in [-0.2, -0.15) is 0 Å². The molecular formula is C20H20N2O. The topological polar surface area (TPSA) is 42.0 Å². The molecule has 116 valence electrons. The lowest BCUT2D eigenvalue weighted by atomic mass is 10.1. The summed E-state index contributed by atoms with van der Waals surface area (Å²) in [5, 5.41) is 4.02. The number of anilines is 1. The Morgan fingerprint density at radius 3 is 2.61 bits per heavy atom. The number of para-hydroxylation sites is 1. The van der Waals surface area contributed by atoms with Crippen molar-refractivity contribution < 1.29 is 4.79 Å². The zero-order valence-corrected chi connectivity index (χ0v) is 13.0. The molecule has 0 radical (unpaired) electrons. The van der Waals surface area contributed by atoms with Crippen LogP contribution >= 0.6 is 0 Å². The number of fused-ring (bicyclic) bond motifs is 1. The number of carbonyl (C=O) groups excluding carboxylic acids is 1. The van der Waals surface area contributed by atoms with Crippen molar-refractivity contribution in [3.8, 4) is 0 Å². The van der Waals surface area contributed by atoms with Gasteiger partial charge >= 0.3 is 0 Å². The van der Waals surface area contributed by atoms with Crippen LogP contribution in [0, 0.1) is 0 Å². The zero-order valence-electron chi connectivity index (χ0n) is 13.0. The van der Waals surface area contributed by atoms with E-state index in [2.05, 4.69) is 34.6 Å². The lowest BCUT2D eigenvalue weighted by molar-refractivity contribution is -0.116. The maximum Gasteiger partial charge on any atom is 0.224 e. The van der Waals surface area contributed by atoms with Crippen LogP contribution in [-0.2, 0) is 11.2 Å². The average molecular weight is 304 g/mol. The smallest absolute Gasteiger partial charge is 0.224 e. The quantitative estimate of drug-likeness (QED) is 0.677. The zero-order chi connectivity index (χ0) is 15.9. The molecule has 0 aliphatic carbocycles. The van der Waals surface area contributed by atoms with Gasteiger partial charge in [-0.1, -0.05) is 48.5 Å². The minimum atomic E-state index is 0.0521. The van der Waals surface area contributed by atoms with Crippen LogP contribution in [-0.4, -0.2) is 10.9 Å². The Morgan fingerprint density at radius 2 is 1.74 bits per heavy atom. The van der Waals surface area contributed by atoms with E-state index in [9.17, 15) is 4.79 Å². The highest BCUT2D eigenvalue weighted by Crippen LogP contribution is 2.21. The molecule has 2 aromatic carbocycles. The molecule has 1 N–H and O–H groups in total. The summed E-state index contributed by atoms with van der Waals surface area (Å²) < 4.78 is 0. The van der Waals surface area contributed by atoms with Crippen molar-refractivity contribution in [3.05, 3.63) is 72.4 Å². The van der Waals surface area contributed by atoms with E-state index in [0.717, 1.165) is 35.9 Å². The molecule has 0 aliphatic heterocycles. The predicted octanol–water partition coefficient (Wildman–Crippen LogP) is 4.59. The lowest BCUT2D eigenvalue weighted by Crippen LogP contribution is -2.11. The number of hydrogen-bond acceptors (Lipinski definition) is 2. The summed E-state index contributed by atoms with van der Waals surface area (Å²) >= 11 is 0. The maximum atomic E-state index is 12.1. The van der Waals surface area contributed by atoms with Crippen LogP contribution in [0.2, 0.25) is 0 Å². The first kappa shape index (κ1) is 15.2. The van der Waals surface area contributed by atoms with E-state index in [1.165, 1.54) is 5.56 Å². The fourth-order valence-corrected chi connectivity index (χ4v) is 2.68. The average Bonchev–Trinajstić information content (AvgIpc) is 2.60. The molecule has 0 bridgehead atoms. The number of nitrogens with one attached hydrogen (secondary N) is 1. The Morgan fingerprint density at radius 1 is 0.913 bits per heavy atom. The third-order valence-corrected chi connectivity index (χ3v) is 3.87. The first-order chi connectivity index (χ1) is 11.3. The molecule has 1 aromatic heterocycles. The van der Waals surface area contributed by atoms with Gasteiger partial charge in [-0.05, 0) is 37.0 Å². The summed E-state index contributed by atoms with van der Waals surface area (Å²) in [4.78, 5) is 16.5. The molecule has 0 spiro atoms. The Kier molecular flexibility index (Phi) is 4.99. The molecule has 3 nitrogen and oxygen atoms in total. The minimum absolute atomic E-state index is 0.0521. The van der Waals surface area contributed by atoms with Crippen LogP contribution in [0.3, 0.4) is 0 Å². The van der Waals surface area contributed by atoms with Crippen molar-refractivity contribution in [2.24, 2.45) is 0 Å². The van der Waals surface area contributed by atoms with Crippen LogP contribution in [0.5, 0.6) is 0 Å². The monoisotopic (exact) mass is 304 g/mol. The van der Waals surface area contributed by atoms with Gasteiger partial charge in [0.05, 0.1) is 11.2 Å². The fraction of sp³-hybridized carbons (Fsp3) is 0.200. The summed E-state index contributed by atoms with van der Waals surface area (Å²) in [5.41, 5.74) is 2.95. The Balaban J connectivity index is 1.51. The Bertz CT molecular complexity index is 779. The fourth-order valence-electron chi connectivity index (χ4n) is 2.68. The molecule has 0 fully saturated rings. The highest BCUT2D eigenvalue weighted by molar-refractivity contribution is 6.00. The van der Waals surface area contributed by atoms with E-state index >= 15 is 0 Å². The number of carbonyl (C=O) groups is 1. The molecule has 23 heavy (non-hydrogen) atoms. The summed E-state index contributed by atoms with van der Waals surface area (Å²) in [7, 11) is 0. The summed E-state index contributed by atoms with van der Waals surface area (Å²) in [6, 6.07) is 20.1. The number of unbranched alkanes of at least 4 members (excludes halogenated alkanes) is 1. The van der Waals surface area contributed by atoms with E-state index in [1.54, 1.807) is 6.20 Å². The number of nitrogens with zero attached hydrogens (tertiary/aromatic N) is 1. The number of benzene rings is 2. The van der Waals surface area contributed by atoms with E-state index in [-0.39, 0.29) is 5.91 Å². The highest BCUT2D eigenvalue weighted by atomic mass is 16.1. The Labute approximate surface area is 136 Å². The van der Waals surface area contributed by atoms with Crippen molar-refractivity contribution in [2.45, 2.75) is 25.7 Å². The summed E-state index contributed by atoms with van der Waals surface area (Å²) in [6.07, 6.45) is 5.21. The van der Waals surface area contributed by atoms with Crippen LogP contribution in [0.4, 0.5) is 5.69 Å². The van der Waals surface area contributed by atoms with Crippen LogP contribution in [0.15, 0.2) is 66.9 Å². The second-order valence-electron chi connectivity index (χ2n) is 5.62. The third-order valence-electron chi connectivity index (χ3n) is 3.87. The SMILES string of the molecule is O=C(CCCCc1ccccc1)Nc1cccc2cccnc12. The van der Waals surface area contributed by atoms with Gasteiger partial charge in [-0.3, -0.25) is 9.78 Å². The maximum absolute atomic E-state index is 12.1. The molecule has 0 atom stereocenters. The third kappa shape index (κ3) is 4.16. The number of aryl methyl sites for hydroxylation is 1. The van der Waals surface area contributed by atoms with Crippen molar-refractivity contribution in [2.75, 3.05) is 5.32 Å². The molecule has 1 amide bonds. The van der Waals surface area contributed by atoms with Gasteiger partial charge in [0.15, 0.2) is 0 Å². The largest absolute Gasteiger partial charge is 0.324 e. The van der Waals surface area contributed by atoms with Crippen LogP contribution in [0.25, 0.3) is 10.9 Å². The van der Waals surface area contributed by atoms with Gasteiger partial charge in [0.2, 0.25) is 5.91 Å². The van der Waals surface area contributed by atoms with Crippen LogP contribution in [0.1, 0.15) is 24.8 Å². The van der Waals surface area contributed by atoms with Gasteiger partial charge in [0, 0.05) is 18.0 Å².